The van der Waals surface area contributed by atoms with E-state index in [1.54, 1.807) is 13.8 Å². The summed E-state index contributed by atoms with van der Waals surface area (Å²) in [4.78, 5) is 0. The van der Waals surface area contributed by atoms with E-state index in [1.807, 2.05) is 24.3 Å². The van der Waals surface area contributed by atoms with Gasteiger partial charge >= 0.3 is 0 Å². The van der Waals surface area contributed by atoms with E-state index in [4.69, 9.17) is 10.5 Å². The van der Waals surface area contributed by atoms with Crippen molar-refractivity contribution < 1.29 is 9.84 Å². The van der Waals surface area contributed by atoms with Crippen LogP contribution in [0.3, 0.4) is 0 Å². The summed E-state index contributed by atoms with van der Waals surface area (Å²) in [7, 11) is 0. The Morgan fingerprint density at radius 2 is 1.88 bits per heavy atom. The molecular formula is C14H23NO2. The summed E-state index contributed by atoms with van der Waals surface area (Å²) in [5, 5.41) is 9.55. The fourth-order valence-electron chi connectivity index (χ4n) is 1.47. The van der Waals surface area contributed by atoms with Crippen LogP contribution < -0.4 is 10.5 Å². The molecule has 0 aromatic heterocycles. The number of hydrogen-bond donors (Lipinski definition) is 2. The molecule has 1 aromatic carbocycles. The Morgan fingerprint density at radius 1 is 1.29 bits per heavy atom. The van der Waals surface area contributed by atoms with Gasteiger partial charge in [-0.25, -0.2) is 0 Å². The Kier molecular flexibility index (Phi) is 4.97. The third-order valence-corrected chi connectivity index (χ3v) is 2.73. The summed E-state index contributed by atoms with van der Waals surface area (Å²) in [6.07, 6.45) is 1.54. The second-order valence-corrected chi connectivity index (χ2v) is 4.99. The van der Waals surface area contributed by atoms with Crippen molar-refractivity contribution in [3.05, 3.63) is 29.8 Å². The van der Waals surface area contributed by atoms with Crippen molar-refractivity contribution in [1.82, 2.24) is 0 Å². The smallest absolute Gasteiger partial charge is 0.119 e. The Morgan fingerprint density at radius 3 is 2.35 bits per heavy atom. The molecule has 0 aliphatic rings. The molecule has 0 bridgehead atoms. The van der Waals surface area contributed by atoms with Crippen LogP contribution in [0, 0.1) is 0 Å². The van der Waals surface area contributed by atoms with Crippen LogP contribution in [0.4, 0.5) is 0 Å². The zero-order valence-electron chi connectivity index (χ0n) is 10.9. The first kappa shape index (κ1) is 14.0. The molecule has 0 saturated heterocycles. The molecule has 3 heteroatoms. The molecule has 0 heterocycles. The molecule has 1 rings (SSSR count). The monoisotopic (exact) mass is 237 g/mol. The predicted molar refractivity (Wildman–Crippen MR) is 70.1 cm³/mol. The molecule has 0 unspecified atom stereocenters. The van der Waals surface area contributed by atoms with Crippen molar-refractivity contribution in [2.75, 3.05) is 6.61 Å². The Bertz CT molecular complexity index is 327. The minimum Gasteiger partial charge on any atom is -0.493 e. The highest BCUT2D eigenvalue weighted by atomic mass is 16.5. The quantitative estimate of drug-likeness (QED) is 0.799. The maximum atomic E-state index is 9.55. The molecule has 0 fully saturated rings. The van der Waals surface area contributed by atoms with Crippen molar-refractivity contribution in [3.8, 4) is 5.75 Å². The van der Waals surface area contributed by atoms with Crippen molar-refractivity contribution in [2.24, 2.45) is 5.73 Å². The Hall–Kier alpha value is -1.06. The third-order valence-electron chi connectivity index (χ3n) is 2.73. The number of hydrogen-bond acceptors (Lipinski definition) is 3. The van der Waals surface area contributed by atoms with Crippen LogP contribution in [-0.4, -0.2) is 17.3 Å². The highest BCUT2D eigenvalue weighted by molar-refractivity contribution is 5.28. The van der Waals surface area contributed by atoms with Gasteiger partial charge < -0.3 is 15.6 Å². The van der Waals surface area contributed by atoms with Gasteiger partial charge in [-0.2, -0.15) is 0 Å². The number of aliphatic hydroxyl groups is 1. The van der Waals surface area contributed by atoms with Crippen molar-refractivity contribution in [1.29, 1.82) is 0 Å². The first-order valence-corrected chi connectivity index (χ1v) is 6.13. The summed E-state index contributed by atoms with van der Waals surface area (Å²) < 4.78 is 5.55. The molecule has 0 amide bonds. The van der Waals surface area contributed by atoms with E-state index in [2.05, 4.69) is 6.92 Å². The third kappa shape index (κ3) is 5.20. The maximum Gasteiger partial charge on any atom is 0.119 e. The molecule has 3 N–H and O–H groups in total. The first-order valence-electron chi connectivity index (χ1n) is 6.13. The standard InChI is InChI=1S/C14H23NO2/c1-4-13(15)11-5-7-12(8-6-11)17-10-9-14(2,3)16/h5-8,13,16H,4,9-10,15H2,1-3H3/t13-/m1/s1. The van der Waals surface area contributed by atoms with E-state index in [0.717, 1.165) is 17.7 Å². The number of benzene rings is 1. The first-order chi connectivity index (χ1) is 7.92. The summed E-state index contributed by atoms with van der Waals surface area (Å²) >= 11 is 0. The molecule has 3 nitrogen and oxygen atoms in total. The van der Waals surface area contributed by atoms with Gasteiger partial charge in [0.25, 0.3) is 0 Å². The van der Waals surface area contributed by atoms with Gasteiger partial charge in [-0.05, 0) is 38.0 Å². The van der Waals surface area contributed by atoms with Gasteiger partial charge in [-0.15, -0.1) is 0 Å². The molecule has 0 radical (unpaired) electrons. The predicted octanol–water partition coefficient (Wildman–Crippen LogP) is 2.64. The minimum atomic E-state index is -0.676. The maximum absolute atomic E-state index is 9.55. The van der Waals surface area contributed by atoms with Crippen LogP contribution in [0.2, 0.25) is 0 Å². The fraction of sp³-hybridized carbons (Fsp3) is 0.571. The Balaban J connectivity index is 2.46. The van der Waals surface area contributed by atoms with Gasteiger partial charge in [0.05, 0.1) is 12.2 Å². The molecule has 1 aromatic rings. The number of nitrogens with two attached hydrogens (primary N) is 1. The average molecular weight is 237 g/mol. The molecule has 0 saturated carbocycles. The van der Waals surface area contributed by atoms with Crippen LogP contribution in [0.5, 0.6) is 5.75 Å². The van der Waals surface area contributed by atoms with Crippen LogP contribution in [0.15, 0.2) is 24.3 Å². The minimum absolute atomic E-state index is 0.0976. The normalized spacial score (nSPS) is 13.5. The lowest BCUT2D eigenvalue weighted by Gasteiger charge is -2.17. The average Bonchev–Trinajstić information content (AvgIpc) is 2.27. The van der Waals surface area contributed by atoms with Crippen LogP contribution in [0.1, 0.15) is 45.2 Å². The van der Waals surface area contributed by atoms with Gasteiger partial charge in [-0.1, -0.05) is 19.1 Å². The lowest BCUT2D eigenvalue weighted by molar-refractivity contribution is 0.0553. The largest absolute Gasteiger partial charge is 0.493 e. The van der Waals surface area contributed by atoms with Crippen molar-refractivity contribution in [3.63, 3.8) is 0 Å². The summed E-state index contributed by atoms with van der Waals surface area (Å²) in [6, 6.07) is 7.94. The SMILES string of the molecule is CC[C@@H](N)c1ccc(OCCC(C)(C)O)cc1. The highest BCUT2D eigenvalue weighted by Crippen LogP contribution is 2.19. The van der Waals surface area contributed by atoms with Gasteiger partial charge in [0.1, 0.15) is 5.75 Å². The number of ether oxygens (including phenoxy) is 1. The van der Waals surface area contributed by atoms with E-state index in [0.29, 0.717) is 13.0 Å². The van der Waals surface area contributed by atoms with E-state index in [1.165, 1.54) is 0 Å². The fourth-order valence-corrected chi connectivity index (χ4v) is 1.47. The topological polar surface area (TPSA) is 55.5 Å². The van der Waals surface area contributed by atoms with Crippen LogP contribution >= 0.6 is 0 Å². The summed E-state index contributed by atoms with van der Waals surface area (Å²) in [5.74, 6) is 0.821. The van der Waals surface area contributed by atoms with Gasteiger partial charge in [0.2, 0.25) is 0 Å². The zero-order chi connectivity index (χ0) is 12.9. The second-order valence-electron chi connectivity index (χ2n) is 4.99. The molecule has 0 aliphatic carbocycles. The highest BCUT2D eigenvalue weighted by Gasteiger charge is 2.12. The molecular weight excluding hydrogens is 214 g/mol. The lowest BCUT2D eigenvalue weighted by atomic mass is 10.1. The molecule has 96 valence electrons. The molecule has 1 atom stereocenters. The van der Waals surface area contributed by atoms with Crippen molar-refractivity contribution in [2.45, 2.75) is 45.3 Å². The van der Waals surface area contributed by atoms with Crippen molar-refractivity contribution >= 4 is 0 Å². The second kappa shape index (κ2) is 6.03. The van der Waals surface area contributed by atoms with E-state index in [9.17, 15) is 5.11 Å². The summed E-state index contributed by atoms with van der Waals surface area (Å²) in [5.41, 5.74) is 6.38. The van der Waals surface area contributed by atoms with Gasteiger partial charge in [0.15, 0.2) is 0 Å². The Labute approximate surface area is 104 Å². The van der Waals surface area contributed by atoms with E-state index >= 15 is 0 Å². The van der Waals surface area contributed by atoms with Crippen LogP contribution in [0.25, 0.3) is 0 Å². The molecule has 0 spiro atoms. The van der Waals surface area contributed by atoms with E-state index < -0.39 is 5.60 Å². The van der Waals surface area contributed by atoms with Gasteiger partial charge in [0, 0.05) is 12.5 Å². The summed E-state index contributed by atoms with van der Waals surface area (Å²) in [6.45, 7) is 6.14. The van der Waals surface area contributed by atoms with E-state index in [-0.39, 0.29) is 6.04 Å². The lowest BCUT2D eigenvalue weighted by Crippen LogP contribution is -2.21. The van der Waals surface area contributed by atoms with Gasteiger partial charge in [-0.3, -0.25) is 0 Å². The molecule has 17 heavy (non-hydrogen) atoms. The molecule has 0 aliphatic heterocycles. The number of rotatable bonds is 6. The van der Waals surface area contributed by atoms with Crippen LogP contribution in [-0.2, 0) is 0 Å². The zero-order valence-corrected chi connectivity index (χ0v) is 10.9.